The third kappa shape index (κ3) is 6.32. The van der Waals surface area contributed by atoms with Gasteiger partial charge in [0.05, 0.1) is 6.54 Å². The molecular weight excluding hydrogens is 364 g/mol. The van der Waals surface area contributed by atoms with Crippen molar-refractivity contribution < 1.29 is 9.59 Å². The first-order valence-electron chi connectivity index (χ1n) is 10.1. The molecule has 0 aliphatic carbocycles. The number of benzene rings is 2. The zero-order chi connectivity index (χ0) is 20.6. The summed E-state index contributed by atoms with van der Waals surface area (Å²) in [6, 6.07) is 17.6. The molecule has 3 rings (SSSR count). The van der Waals surface area contributed by atoms with E-state index in [-0.39, 0.29) is 17.9 Å². The summed E-state index contributed by atoms with van der Waals surface area (Å²) in [7, 11) is 4.01. The van der Waals surface area contributed by atoms with Crippen molar-refractivity contribution in [1.29, 1.82) is 0 Å². The average molecular weight is 395 g/mol. The summed E-state index contributed by atoms with van der Waals surface area (Å²) < 4.78 is 0. The zero-order valence-corrected chi connectivity index (χ0v) is 17.2. The molecular formula is C23H30N4O2. The number of piperidine rings is 1. The highest BCUT2D eigenvalue weighted by molar-refractivity contribution is 5.94. The van der Waals surface area contributed by atoms with Gasteiger partial charge in [0.1, 0.15) is 0 Å². The van der Waals surface area contributed by atoms with Crippen molar-refractivity contribution in [3.05, 3.63) is 65.7 Å². The van der Waals surface area contributed by atoms with Gasteiger partial charge in [-0.3, -0.25) is 14.5 Å². The molecule has 6 heteroatoms. The average Bonchev–Trinajstić information content (AvgIpc) is 2.74. The first kappa shape index (κ1) is 20.9. The molecule has 29 heavy (non-hydrogen) atoms. The van der Waals surface area contributed by atoms with E-state index in [9.17, 15) is 9.59 Å². The Labute approximate surface area is 172 Å². The van der Waals surface area contributed by atoms with Crippen LogP contribution >= 0.6 is 0 Å². The number of likely N-dealkylation sites (tertiary alicyclic amines) is 1. The van der Waals surface area contributed by atoms with Crippen molar-refractivity contribution in [2.45, 2.75) is 25.4 Å². The number of carbonyl (C=O) groups is 2. The van der Waals surface area contributed by atoms with E-state index in [0.717, 1.165) is 37.2 Å². The largest absolute Gasteiger partial charge is 0.378 e. The van der Waals surface area contributed by atoms with Crippen LogP contribution in [0.25, 0.3) is 0 Å². The van der Waals surface area contributed by atoms with E-state index >= 15 is 0 Å². The van der Waals surface area contributed by atoms with Gasteiger partial charge in [0.15, 0.2) is 0 Å². The second-order valence-corrected chi connectivity index (χ2v) is 7.73. The Morgan fingerprint density at radius 3 is 2.28 bits per heavy atom. The van der Waals surface area contributed by atoms with Crippen molar-refractivity contribution in [3.63, 3.8) is 0 Å². The van der Waals surface area contributed by atoms with E-state index in [2.05, 4.69) is 27.7 Å². The van der Waals surface area contributed by atoms with E-state index in [1.807, 2.05) is 61.5 Å². The van der Waals surface area contributed by atoms with Crippen LogP contribution in [0.15, 0.2) is 54.6 Å². The number of amides is 2. The Balaban J connectivity index is 1.36. The van der Waals surface area contributed by atoms with Crippen LogP contribution < -0.4 is 15.5 Å². The SMILES string of the molecule is CN(C)c1ccc(CNC(=O)CN2CCC(NC(=O)c3ccccc3)CC2)cc1. The molecule has 0 atom stereocenters. The molecule has 2 aromatic rings. The first-order chi connectivity index (χ1) is 14.0. The smallest absolute Gasteiger partial charge is 0.251 e. The van der Waals surface area contributed by atoms with Crippen molar-refractivity contribution >= 4 is 17.5 Å². The molecule has 0 saturated carbocycles. The van der Waals surface area contributed by atoms with Crippen molar-refractivity contribution in [3.8, 4) is 0 Å². The number of rotatable bonds is 7. The summed E-state index contributed by atoms with van der Waals surface area (Å²) in [6.45, 7) is 2.56. The van der Waals surface area contributed by atoms with Crippen molar-refractivity contribution in [1.82, 2.24) is 15.5 Å². The lowest BCUT2D eigenvalue weighted by Gasteiger charge is -2.31. The van der Waals surface area contributed by atoms with Crippen molar-refractivity contribution in [2.24, 2.45) is 0 Å². The van der Waals surface area contributed by atoms with Crippen LogP contribution in [0, 0.1) is 0 Å². The predicted molar refractivity (Wildman–Crippen MR) is 116 cm³/mol. The van der Waals surface area contributed by atoms with Crippen LogP contribution in [0.1, 0.15) is 28.8 Å². The number of carbonyl (C=O) groups excluding carboxylic acids is 2. The van der Waals surface area contributed by atoms with Gasteiger partial charge in [-0.2, -0.15) is 0 Å². The minimum absolute atomic E-state index is 0.0259. The molecule has 2 aromatic carbocycles. The number of anilines is 1. The highest BCUT2D eigenvalue weighted by Crippen LogP contribution is 2.13. The fraction of sp³-hybridized carbons (Fsp3) is 0.391. The molecule has 0 bridgehead atoms. The second-order valence-electron chi connectivity index (χ2n) is 7.73. The Bertz CT molecular complexity index is 797. The maximum absolute atomic E-state index is 12.3. The fourth-order valence-corrected chi connectivity index (χ4v) is 3.47. The highest BCUT2D eigenvalue weighted by Gasteiger charge is 2.22. The molecule has 0 radical (unpaired) electrons. The third-order valence-corrected chi connectivity index (χ3v) is 5.27. The summed E-state index contributed by atoms with van der Waals surface area (Å²) in [5, 5.41) is 6.09. The lowest BCUT2D eigenvalue weighted by atomic mass is 10.0. The summed E-state index contributed by atoms with van der Waals surface area (Å²) in [5.41, 5.74) is 2.92. The minimum atomic E-state index is -0.0259. The third-order valence-electron chi connectivity index (χ3n) is 5.27. The molecule has 0 unspecified atom stereocenters. The molecule has 1 aliphatic heterocycles. The molecule has 1 fully saturated rings. The minimum Gasteiger partial charge on any atom is -0.378 e. The molecule has 154 valence electrons. The molecule has 0 spiro atoms. The first-order valence-corrected chi connectivity index (χ1v) is 10.1. The van der Waals surface area contributed by atoms with Gasteiger partial charge >= 0.3 is 0 Å². The van der Waals surface area contributed by atoms with Crippen LogP contribution in [-0.2, 0) is 11.3 Å². The second kappa shape index (κ2) is 10.1. The lowest BCUT2D eigenvalue weighted by molar-refractivity contribution is -0.122. The summed E-state index contributed by atoms with van der Waals surface area (Å²) >= 11 is 0. The van der Waals surface area contributed by atoms with E-state index in [0.29, 0.717) is 18.7 Å². The normalized spacial score (nSPS) is 15.0. The van der Waals surface area contributed by atoms with Crippen LogP contribution in [0.2, 0.25) is 0 Å². The Morgan fingerprint density at radius 1 is 1.00 bits per heavy atom. The maximum Gasteiger partial charge on any atom is 0.251 e. The number of hydrogen-bond donors (Lipinski definition) is 2. The van der Waals surface area contributed by atoms with Gasteiger partial charge in [-0.1, -0.05) is 30.3 Å². The molecule has 6 nitrogen and oxygen atoms in total. The molecule has 1 aliphatic rings. The lowest BCUT2D eigenvalue weighted by Crippen LogP contribution is -2.47. The summed E-state index contributed by atoms with van der Waals surface area (Å²) in [6.07, 6.45) is 1.72. The number of nitrogens with zero attached hydrogens (tertiary/aromatic N) is 2. The van der Waals surface area contributed by atoms with Crippen LogP contribution in [0.3, 0.4) is 0 Å². The number of hydrogen-bond acceptors (Lipinski definition) is 4. The van der Waals surface area contributed by atoms with E-state index in [1.165, 1.54) is 0 Å². The molecule has 2 N–H and O–H groups in total. The quantitative estimate of drug-likeness (QED) is 0.756. The van der Waals surface area contributed by atoms with E-state index in [1.54, 1.807) is 0 Å². The van der Waals surface area contributed by atoms with Gasteiger partial charge in [-0.05, 0) is 42.7 Å². The predicted octanol–water partition coefficient (Wildman–Crippen LogP) is 2.26. The van der Waals surface area contributed by atoms with Gasteiger partial charge < -0.3 is 15.5 Å². The molecule has 1 saturated heterocycles. The number of nitrogens with one attached hydrogen (secondary N) is 2. The van der Waals surface area contributed by atoms with Crippen LogP contribution in [0.5, 0.6) is 0 Å². The zero-order valence-electron chi connectivity index (χ0n) is 17.2. The van der Waals surface area contributed by atoms with Gasteiger partial charge in [-0.15, -0.1) is 0 Å². The van der Waals surface area contributed by atoms with Crippen LogP contribution in [-0.4, -0.2) is 56.5 Å². The van der Waals surface area contributed by atoms with E-state index < -0.39 is 0 Å². The Kier molecular flexibility index (Phi) is 7.25. The Morgan fingerprint density at radius 2 is 1.66 bits per heavy atom. The molecule has 1 heterocycles. The fourth-order valence-electron chi connectivity index (χ4n) is 3.47. The molecule has 0 aromatic heterocycles. The molecule has 2 amide bonds. The topological polar surface area (TPSA) is 64.7 Å². The van der Waals surface area contributed by atoms with Crippen LogP contribution in [0.4, 0.5) is 5.69 Å². The monoisotopic (exact) mass is 394 g/mol. The Hall–Kier alpha value is -2.86. The van der Waals surface area contributed by atoms with Gasteiger partial charge in [0.25, 0.3) is 5.91 Å². The van der Waals surface area contributed by atoms with E-state index in [4.69, 9.17) is 0 Å². The maximum atomic E-state index is 12.3. The van der Waals surface area contributed by atoms with Gasteiger partial charge in [-0.25, -0.2) is 0 Å². The summed E-state index contributed by atoms with van der Waals surface area (Å²) in [5.74, 6) is 0.00976. The summed E-state index contributed by atoms with van der Waals surface area (Å²) in [4.78, 5) is 28.7. The van der Waals surface area contributed by atoms with Crippen molar-refractivity contribution in [2.75, 3.05) is 38.6 Å². The standard InChI is InChI=1S/C23H30N4O2/c1-26(2)21-10-8-18(9-11-21)16-24-22(28)17-27-14-12-20(13-15-27)25-23(29)19-6-4-3-5-7-19/h3-11,20H,12-17H2,1-2H3,(H,24,28)(H,25,29). The van der Waals surface area contributed by atoms with Gasteiger partial charge in [0.2, 0.25) is 5.91 Å². The highest BCUT2D eigenvalue weighted by atomic mass is 16.2. The van der Waals surface area contributed by atoms with Gasteiger partial charge in [0, 0.05) is 51.0 Å².